The number of aliphatic hydroxyl groups is 1. The van der Waals surface area contributed by atoms with Gasteiger partial charge in [-0.15, -0.1) is 0 Å². The highest BCUT2D eigenvalue weighted by molar-refractivity contribution is 7.89. The third-order valence-electron chi connectivity index (χ3n) is 4.32. The number of piperidine rings is 1. The molecule has 0 radical (unpaired) electrons. The van der Waals surface area contributed by atoms with E-state index in [0.29, 0.717) is 18.5 Å². The van der Waals surface area contributed by atoms with Gasteiger partial charge in [-0.05, 0) is 43.9 Å². The van der Waals surface area contributed by atoms with Crippen molar-refractivity contribution in [3.63, 3.8) is 0 Å². The Kier molecular flexibility index (Phi) is 3.40. The van der Waals surface area contributed by atoms with Gasteiger partial charge in [0.1, 0.15) is 11.0 Å². The molecule has 21 heavy (non-hydrogen) atoms. The van der Waals surface area contributed by atoms with Crippen LogP contribution >= 0.6 is 0 Å². The summed E-state index contributed by atoms with van der Waals surface area (Å²) in [5.41, 5.74) is 6.05. The topological polar surface area (TPSA) is 107 Å². The number of fused-ring (bicyclic) bond motifs is 2. The van der Waals surface area contributed by atoms with Gasteiger partial charge >= 0.3 is 0 Å². The monoisotopic (exact) mass is 307 g/mol. The van der Waals surface area contributed by atoms with Crippen LogP contribution < -0.4 is 5.73 Å². The Morgan fingerprint density at radius 2 is 1.90 bits per heavy atom. The molecule has 2 aliphatic heterocycles. The molecular formula is C14H17N3O3S. The van der Waals surface area contributed by atoms with Crippen LogP contribution in [-0.4, -0.2) is 36.0 Å². The highest BCUT2D eigenvalue weighted by atomic mass is 32.2. The van der Waals surface area contributed by atoms with Crippen LogP contribution in [0, 0.1) is 11.3 Å². The zero-order valence-electron chi connectivity index (χ0n) is 11.4. The minimum atomic E-state index is -3.74. The van der Waals surface area contributed by atoms with Crippen molar-refractivity contribution in [2.75, 3.05) is 5.73 Å². The quantitative estimate of drug-likeness (QED) is 0.786. The predicted molar refractivity (Wildman–Crippen MR) is 76.6 cm³/mol. The van der Waals surface area contributed by atoms with Crippen LogP contribution in [0.2, 0.25) is 0 Å². The van der Waals surface area contributed by atoms with Gasteiger partial charge in [0.25, 0.3) is 0 Å². The minimum absolute atomic E-state index is 0.00693. The first-order valence-electron chi connectivity index (χ1n) is 6.94. The maximum atomic E-state index is 12.9. The van der Waals surface area contributed by atoms with Crippen LogP contribution in [-0.2, 0) is 10.0 Å². The molecule has 2 bridgehead atoms. The summed E-state index contributed by atoms with van der Waals surface area (Å²) in [7, 11) is -3.74. The van der Waals surface area contributed by atoms with Crippen LogP contribution in [0.15, 0.2) is 23.1 Å². The normalized spacial score (nSPS) is 29.2. The molecule has 1 aromatic rings. The first kappa shape index (κ1) is 14.3. The number of aliphatic hydroxyl groups excluding tert-OH is 1. The van der Waals surface area contributed by atoms with Crippen molar-refractivity contribution in [2.45, 2.75) is 48.8 Å². The van der Waals surface area contributed by atoms with Gasteiger partial charge in [0.15, 0.2) is 0 Å². The Hall–Kier alpha value is -1.62. The van der Waals surface area contributed by atoms with E-state index in [1.165, 1.54) is 22.5 Å². The van der Waals surface area contributed by atoms with Crippen molar-refractivity contribution in [1.29, 1.82) is 5.26 Å². The molecule has 2 atom stereocenters. The summed E-state index contributed by atoms with van der Waals surface area (Å²) in [6, 6.07) is 5.83. The Balaban J connectivity index is 2.05. The maximum Gasteiger partial charge on any atom is 0.244 e. The number of nitrogens with two attached hydrogens (primary N) is 1. The molecule has 0 saturated carbocycles. The highest BCUT2D eigenvalue weighted by Gasteiger charge is 2.47. The third-order valence-corrected chi connectivity index (χ3v) is 6.38. The summed E-state index contributed by atoms with van der Waals surface area (Å²) in [5, 5.41) is 19.0. The number of benzene rings is 1. The number of hydrogen-bond donors (Lipinski definition) is 2. The van der Waals surface area contributed by atoms with Crippen molar-refractivity contribution in [2.24, 2.45) is 0 Å². The molecule has 0 aromatic heterocycles. The SMILES string of the molecule is N#Cc1cc(N)ccc1S(=O)(=O)N1C2CCC1CC(O)C2. The highest BCUT2D eigenvalue weighted by Crippen LogP contribution is 2.40. The summed E-state index contributed by atoms with van der Waals surface area (Å²) in [5.74, 6) is 0. The van der Waals surface area contributed by atoms with Gasteiger partial charge in [0, 0.05) is 17.8 Å². The van der Waals surface area contributed by atoms with Gasteiger partial charge in [0.2, 0.25) is 10.0 Å². The number of nitrogen functional groups attached to an aromatic ring is 1. The van der Waals surface area contributed by atoms with E-state index >= 15 is 0 Å². The van der Waals surface area contributed by atoms with E-state index in [9.17, 15) is 13.5 Å². The van der Waals surface area contributed by atoms with Crippen LogP contribution in [0.3, 0.4) is 0 Å². The number of nitrogens with zero attached hydrogens (tertiary/aromatic N) is 2. The molecule has 1 aromatic carbocycles. The summed E-state index contributed by atoms with van der Waals surface area (Å²) < 4.78 is 27.3. The molecule has 3 rings (SSSR count). The number of rotatable bonds is 2. The zero-order valence-corrected chi connectivity index (χ0v) is 12.3. The standard InChI is InChI=1S/C14H17N3O3S/c15-8-9-5-10(16)1-4-14(9)21(19,20)17-11-2-3-12(17)7-13(18)6-11/h1,4-5,11-13,18H,2-3,6-7,16H2. The van der Waals surface area contributed by atoms with E-state index in [0.717, 1.165) is 12.8 Å². The molecule has 2 heterocycles. The molecule has 2 aliphatic rings. The van der Waals surface area contributed by atoms with E-state index in [-0.39, 0.29) is 22.5 Å². The zero-order chi connectivity index (χ0) is 15.2. The largest absolute Gasteiger partial charge is 0.399 e. The molecule has 3 N–H and O–H groups in total. The minimum Gasteiger partial charge on any atom is -0.399 e. The van der Waals surface area contributed by atoms with E-state index in [1.54, 1.807) is 0 Å². The predicted octanol–water partition coefficient (Wildman–Crippen LogP) is 0.817. The van der Waals surface area contributed by atoms with Gasteiger partial charge in [0.05, 0.1) is 11.7 Å². The lowest BCUT2D eigenvalue weighted by Gasteiger charge is -2.36. The molecule has 0 spiro atoms. The van der Waals surface area contributed by atoms with Gasteiger partial charge in [-0.25, -0.2) is 8.42 Å². The molecule has 0 amide bonds. The van der Waals surface area contributed by atoms with E-state index < -0.39 is 16.1 Å². The number of sulfonamides is 1. The Bertz CT molecular complexity index is 697. The van der Waals surface area contributed by atoms with Gasteiger partial charge < -0.3 is 10.8 Å². The van der Waals surface area contributed by atoms with E-state index in [4.69, 9.17) is 11.0 Å². The van der Waals surface area contributed by atoms with Crippen molar-refractivity contribution in [3.05, 3.63) is 23.8 Å². The van der Waals surface area contributed by atoms with Gasteiger partial charge in [-0.1, -0.05) is 0 Å². The van der Waals surface area contributed by atoms with Crippen LogP contribution in [0.1, 0.15) is 31.2 Å². The first-order chi connectivity index (χ1) is 9.93. The van der Waals surface area contributed by atoms with Crippen molar-refractivity contribution in [1.82, 2.24) is 4.31 Å². The maximum absolute atomic E-state index is 12.9. The molecule has 2 fully saturated rings. The summed E-state index contributed by atoms with van der Waals surface area (Å²) in [6.07, 6.45) is 2.02. The third kappa shape index (κ3) is 2.29. The molecule has 6 nitrogen and oxygen atoms in total. The Labute approximate surface area is 123 Å². The van der Waals surface area contributed by atoms with Crippen molar-refractivity contribution in [3.8, 4) is 6.07 Å². The fourth-order valence-corrected chi connectivity index (χ4v) is 5.49. The summed E-state index contributed by atoms with van der Waals surface area (Å²) >= 11 is 0. The second-order valence-corrected chi connectivity index (χ2v) is 7.52. The lowest BCUT2D eigenvalue weighted by Crippen LogP contribution is -2.48. The second kappa shape index (κ2) is 4.98. The van der Waals surface area contributed by atoms with Crippen molar-refractivity contribution < 1.29 is 13.5 Å². The molecule has 0 aliphatic carbocycles. The molecular weight excluding hydrogens is 290 g/mol. The van der Waals surface area contributed by atoms with E-state index in [1.807, 2.05) is 6.07 Å². The average Bonchev–Trinajstić information content (AvgIpc) is 2.72. The number of nitriles is 1. The van der Waals surface area contributed by atoms with E-state index in [2.05, 4.69) is 0 Å². The smallest absolute Gasteiger partial charge is 0.244 e. The molecule has 2 saturated heterocycles. The first-order valence-corrected chi connectivity index (χ1v) is 8.38. The number of anilines is 1. The van der Waals surface area contributed by atoms with Gasteiger partial charge in [-0.3, -0.25) is 0 Å². The Morgan fingerprint density at radius 1 is 1.29 bits per heavy atom. The van der Waals surface area contributed by atoms with Crippen LogP contribution in [0.25, 0.3) is 0 Å². The summed E-state index contributed by atoms with van der Waals surface area (Å²) in [4.78, 5) is 0.00693. The molecule has 112 valence electrons. The number of hydrogen-bond acceptors (Lipinski definition) is 5. The van der Waals surface area contributed by atoms with Crippen LogP contribution in [0.5, 0.6) is 0 Å². The Morgan fingerprint density at radius 3 is 2.48 bits per heavy atom. The average molecular weight is 307 g/mol. The summed E-state index contributed by atoms with van der Waals surface area (Å²) in [6.45, 7) is 0. The fraction of sp³-hybridized carbons (Fsp3) is 0.500. The molecule has 7 heteroatoms. The fourth-order valence-electron chi connectivity index (χ4n) is 3.47. The van der Waals surface area contributed by atoms with Gasteiger partial charge in [-0.2, -0.15) is 9.57 Å². The van der Waals surface area contributed by atoms with Crippen LogP contribution in [0.4, 0.5) is 5.69 Å². The second-order valence-electron chi connectivity index (χ2n) is 5.71. The lowest BCUT2D eigenvalue weighted by molar-refractivity contribution is 0.0768. The molecule has 2 unspecified atom stereocenters. The van der Waals surface area contributed by atoms with Crippen molar-refractivity contribution >= 4 is 15.7 Å². The lowest BCUT2D eigenvalue weighted by atomic mass is 10.0.